The number of carbonyl (C=O) groups excluding carboxylic acids is 1. The number of hydrogen-bond donors (Lipinski definition) is 2. The fourth-order valence-electron chi connectivity index (χ4n) is 2.71. The molecule has 1 unspecified atom stereocenters. The van der Waals surface area contributed by atoms with Crippen LogP contribution in [-0.2, 0) is 5.75 Å². The molecular weight excluding hydrogens is 310 g/mol. The molecule has 3 rings (SSSR count). The Kier molecular flexibility index (Phi) is 4.68. The smallest absolute Gasteiger partial charge is 0.253 e. The average molecular weight is 331 g/mol. The van der Waals surface area contributed by atoms with Crippen LogP contribution in [0.15, 0.2) is 35.7 Å². The molecule has 1 atom stereocenters. The van der Waals surface area contributed by atoms with Crippen LogP contribution >= 0.6 is 11.8 Å². The highest BCUT2D eigenvalue weighted by Crippen LogP contribution is 2.29. The topological polar surface area (TPSA) is 87.9 Å². The zero-order chi connectivity index (χ0) is 16.3. The largest absolute Gasteiger partial charge is 0.338 e. The van der Waals surface area contributed by atoms with Crippen LogP contribution in [0.25, 0.3) is 0 Å². The molecule has 1 aliphatic heterocycles. The molecule has 1 saturated heterocycles. The standard InChI is InChI=1S/C16H21N5OS/c1-16(9-17)6-7-21(10-16)14(22)13-4-2-12(3-5-13)8-23-15-18-11-19-20-15/h2-5,11H,6-10,17H2,1H3,(H,18,19,20). The van der Waals surface area contributed by atoms with Crippen LogP contribution in [-0.4, -0.2) is 45.6 Å². The van der Waals surface area contributed by atoms with Gasteiger partial charge in [-0.1, -0.05) is 30.8 Å². The highest BCUT2D eigenvalue weighted by molar-refractivity contribution is 7.98. The van der Waals surface area contributed by atoms with Gasteiger partial charge in [0.1, 0.15) is 6.33 Å². The van der Waals surface area contributed by atoms with Crippen molar-refractivity contribution in [2.75, 3.05) is 19.6 Å². The number of nitrogens with one attached hydrogen (secondary N) is 1. The summed E-state index contributed by atoms with van der Waals surface area (Å²) < 4.78 is 0. The minimum absolute atomic E-state index is 0.0588. The number of benzene rings is 1. The van der Waals surface area contributed by atoms with Crippen molar-refractivity contribution in [1.82, 2.24) is 20.1 Å². The van der Waals surface area contributed by atoms with Crippen molar-refractivity contribution in [3.05, 3.63) is 41.7 Å². The monoisotopic (exact) mass is 331 g/mol. The summed E-state index contributed by atoms with van der Waals surface area (Å²) in [6.45, 7) is 4.29. The molecule has 1 aromatic carbocycles. The van der Waals surface area contributed by atoms with E-state index in [0.29, 0.717) is 6.54 Å². The molecule has 0 radical (unpaired) electrons. The molecule has 1 amide bonds. The van der Waals surface area contributed by atoms with E-state index in [2.05, 4.69) is 22.1 Å². The van der Waals surface area contributed by atoms with Crippen LogP contribution in [0.5, 0.6) is 0 Å². The lowest BCUT2D eigenvalue weighted by atomic mass is 9.90. The minimum atomic E-state index is 0.0588. The van der Waals surface area contributed by atoms with Crippen molar-refractivity contribution in [1.29, 1.82) is 0 Å². The lowest BCUT2D eigenvalue weighted by Crippen LogP contribution is -2.34. The number of thioether (sulfide) groups is 1. The Labute approximate surface area is 139 Å². The van der Waals surface area contributed by atoms with Crippen LogP contribution < -0.4 is 5.73 Å². The van der Waals surface area contributed by atoms with Crippen molar-refractivity contribution < 1.29 is 4.79 Å². The van der Waals surface area contributed by atoms with E-state index in [1.165, 1.54) is 6.33 Å². The normalized spacial score (nSPS) is 20.9. The van der Waals surface area contributed by atoms with E-state index in [1.807, 2.05) is 29.2 Å². The lowest BCUT2D eigenvalue weighted by Gasteiger charge is -2.22. The first-order valence-electron chi connectivity index (χ1n) is 7.66. The van der Waals surface area contributed by atoms with Crippen LogP contribution in [0.1, 0.15) is 29.3 Å². The molecule has 23 heavy (non-hydrogen) atoms. The Morgan fingerprint density at radius 3 is 2.83 bits per heavy atom. The maximum absolute atomic E-state index is 12.6. The van der Waals surface area contributed by atoms with Gasteiger partial charge in [0.2, 0.25) is 0 Å². The molecule has 122 valence electrons. The van der Waals surface area contributed by atoms with Crippen LogP contribution in [0, 0.1) is 5.41 Å². The van der Waals surface area contributed by atoms with Crippen molar-refractivity contribution in [2.24, 2.45) is 11.1 Å². The van der Waals surface area contributed by atoms with Crippen LogP contribution in [0.3, 0.4) is 0 Å². The second-order valence-corrected chi connectivity index (χ2v) is 7.23. The number of carbonyl (C=O) groups is 1. The quantitative estimate of drug-likeness (QED) is 0.817. The zero-order valence-electron chi connectivity index (χ0n) is 13.2. The number of amides is 1. The lowest BCUT2D eigenvalue weighted by molar-refractivity contribution is 0.0777. The molecule has 1 fully saturated rings. The third-order valence-corrected chi connectivity index (χ3v) is 5.26. The molecule has 2 heterocycles. The summed E-state index contributed by atoms with van der Waals surface area (Å²) in [5.41, 5.74) is 7.75. The molecule has 3 N–H and O–H groups in total. The van der Waals surface area contributed by atoms with Gasteiger partial charge in [-0.25, -0.2) is 4.98 Å². The van der Waals surface area contributed by atoms with E-state index in [1.54, 1.807) is 11.8 Å². The number of nitrogens with two attached hydrogens (primary N) is 1. The Bertz CT molecular complexity index is 658. The molecule has 0 aliphatic carbocycles. The predicted octanol–water partition coefficient (Wildman–Crippen LogP) is 1.91. The van der Waals surface area contributed by atoms with Gasteiger partial charge >= 0.3 is 0 Å². The highest BCUT2D eigenvalue weighted by atomic mass is 32.2. The SMILES string of the molecule is CC1(CN)CCN(C(=O)c2ccc(CSc3ncn[nH]3)cc2)C1. The first-order chi connectivity index (χ1) is 11.1. The molecule has 0 spiro atoms. The molecule has 1 aromatic heterocycles. The number of H-pyrrole nitrogens is 1. The van der Waals surface area contributed by atoms with Gasteiger partial charge in [-0.15, -0.1) is 0 Å². The van der Waals surface area contributed by atoms with Gasteiger partial charge in [-0.2, -0.15) is 5.10 Å². The second-order valence-electron chi connectivity index (χ2n) is 6.27. The van der Waals surface area contributed by atoms with E-state index in [-0.39, 0.29) is 11.3 Å². The van der Waals surface area contributed by atoms with Crippen LogP contribution in [0.4, 0.5) is 0 Å². The average Bonchev–Trinajstić information content (AvgIpc) is 3.23. The summed E-state index contributed by atoms with van der Waals surface area (Å²) in [5, 5.41) is 7.43. The second kappa shape index (κ2) is 6.72. The number of likely N-dealkylation sites (tertiary alicyclic amines) is 1. The van der Waals surface area contributed by atoms with Gasteiger partial charge in [0.15, 0.2) is 5.16 Å². The van der Waals surface area contributed by atoms with Crippen molar-refractivity contribution in [3.8, 4) is 0 Å². The fourth-order valence-corrected chi connectivity index (χ4v) is 3.44. The maximum atomic E-state index is 12.6. The third kappa shape index (κ3) is 3.73. The molecule has 0 bridgehead atoms. The van der Waals surface area contributed by atoms with Gasteiger partial charge < -0.3 is 10.6 Å². The van der Waals surface area contributed by atoms with E-state index in [0.717, 1.165) is 41.5 Å². The predicted molar refractivity (Wildman–Crippen MR) is 90.1 cm³/mol. The molecule has 0 saturated carbocycles. The Hall–Kier alpha value is -1.86. The van der Waals surface area contributed by atoms with E-state index < -0.39 is 0 Å². The number of rotatable bonds is 5. The summed E-state index contributed by atoms with van der Waals surface area (Å²) in [4.78, 5) is 18.5. The van der Waals surface area contributed by atoms with Crippen molar-refractivity contribution >= 4 is 17.7 Å². The Balaban J connectivity index is 1.59. The maximum Gasteiger partial charge on any atom is 0.253 e. The van der Waals surface area contributed by atoms with Crippen molar-refractivity contribution in [2.45, 2.75) is 24.3 Å². The first-order valence-corrected chi connectivity index (χ1v) is 8.65. The summed E-state index contributed by atoms with van der Waals surface area (Å²) >= 11 is 1.58. The van der Waals surface area contributed by atoms with Crippen LogP contribution in [0.2, 0.25) is 0 Å². The van der Waals surface area contributed by atoms with Gasteiger partial charge in [-0.3, -0.25) is 9.89 Å². The molecule has 2 aromatic rings. The molecular formula is C16H21N5OS. The van der Waals surface area contributed by atoms with Gasteiger partial charge in [0.25, 0.3) is 5.91 Å². The summed E-state index contributed by atoms with van der Waals surface area (Å²) in [5.74, 6) is 0.884. The van der Waals surface area contributed by atoms with E-state index in [9.17, 15) is 4.79 Å². The van der Waals surface area contributed by atoms with Gasteiger partial charge in [-0.05, 0) is 36.1 Å². The number of aromatic amines is 1. The molecule has 7 heteroatoms. The summed E-state index contributed by atoms with van der Waals surface area (Å²) in [7, 11) is 0. The Morgan fingerprint density at radius 2 is 2.22 bits per heavy atom. The number of aromatic nitrogens is 3. The molecule has 6 nitrogen and oxygen atoms in total. The fraction of sp³-hybridized carbons (Fsp3) is 0.438. The van der Waals surface area contributed by atoms with E-state index >= 15 is 0 Å². The highest BCUT2D eigenvalue weighted by Gasteiger charge is 2.35. The zero-order valence-corrected chi connectivity index (χ0v) is 14.0. The summed E-state index contributed by atoms with van der Waals surface area (Å²) in [6.07, 6.45) is 2.47. The number of hydrogen-bond acceptors (Lipinski definition) is 5. The summed E-state index contributed by atoms with van der Waals surface area (Å²) in [6, 6.07) is 7.79. The Morgan fingerprint density at radius 1 is 1.43 bits per heavy atom. The van der Waals surface area contributed by atoms with Gasteiger partial charge in [0.05, 0.1) is 0 Å². The third-order valence-electron chi connectivity index (χ3n) is 4.31. The first kappa shape index (κ1) is 16.0. The minimum Gasteiger partial charge on any atom is -0.338 e. The van der Waals surface area contributed by atoms with Gasteiger partial charge in [0, 0.05) is 24.4 Å². The number of nitrogens with zero attached hydrogens (tertiary/aromatic N) is 3. The van der Waals surface area contributed by atoms with E-state index in [4.69, 9.17) is 5.73 Å². The van der Waals surface area contributed by atoms with Crippen molar-refractivity contribution in [3.63, 3.8) is 0 Å². The molecule has 1 aliphatic rings.